The minimum atomic E-state index is -0.518. The molecule has 8 rings (SSSR count). The molecule has 1 saturated carbocycles. The van der Waals surface area contributed by atoms with E-state index in [0.717, 1.165) is 78.2 Å². The molecule has 10 nitrogen and oxygen atoms in total. The van der Waals surface area contributed by atoms with E-state index in [1.165, 1.54) is 12.8 Å². The lowest BCUT2D eigenvalue weighted by Gasteiger charge is -2.31. The predicted octanol–water partition coefficient (Wildman–Crippen LogP) is 5.45. The lowest BCUT2D eigenvalue weighted by molar-refractivity contribution is 0.0956. The Kier molecular flexibility index (Phi) is 9.94. The lowest BCUT2D eigenvalue weighted by Crippen LogP contribution is -2.28. The third-order valence-corrected chi connectivity index (χ3v) is 11.9. The number of nitrogens with two attached hydrogens (primary N) is 1. The molecule has 3 atom stereocenters. The van der Waals surface area contributed by atoms with Crippen molar-refractivity contribution in [3.63, 3.8) is 0 Å². The highest BCUT2D eigenvalue weighted by molar-refractivity contribution is 7.98. The number of nitrogens with one attached hydrogen (secondary N) is 1. The first-order valence-corrected chi connectivity index (χ1v) is 18.8. The minimum absolute atomic E-state index is 0.141. The van der Waals surface area contributed by atoms with Crippen molar-refractivity contribution in [2.75, 3.05) is 44.4 Å². The number of benzene rings is 1. The molecule has 3 aromatic rings. The van der Waals surface area contributed by atoms with Gasteiger partial charge >= 0.3 is 6.01 Å². The van der Waals surface area contributed by atoms with E-state index in [-0.39, 0.29) is 28.7 Å². The molecule has 3 fully saturated rings. The quantitative estimate of drug-likeness (QED) is 0.264. The van der Waals surface area contributed by atoms with Crippen LogP contribution in [0.25, 0.3) is 0 Å². The smallest absolute Gasteiger partial charge is 0.318 e. The molecule has 6 heterocycles. The lowest BCUT2D eigenvalue weighted by atomic mass is 9.91. The Balaban J connectivity index is 0.000000375. The topological polar surface area (TPSA) is 114 Å². The van der Waals surface area contributed by atoms with E-state index < -0.39 is 6.17 Å². The van der Waals surface area contributed by atoms with Gasteiger partial charge in [-0.3, -0.25) is 14.4 Å². The molecular weight excluding hydrogens is 659 g/mol. The normalized spacial score (nSPS) is 22.7. The monoisotopic (exact) mass is 704 g/mol. The van der Waals surface area contributed by atoms with Crippen molar-refractivity contribution in [3.8, 4) is 17.9 Å². The average molecular weight is 705 g/mol. The number of fused-ring (bicyclic) bond motifs is 3. The number of aryl methyl sites for hydroxylation is 1. The number of amides is 1. The van der Waals surface area contributed by atoms with Crippen LogP contribution >= 0.6 is 11.8 Å². The largest absolute Gasteiger partial charge is 0.467 e. The van der Waals surface area contributed by atoms with Crippen molar-refractivity contribution in [2.24, 2.45) is 0 Å². The summed E-state index contributed by atoms with van der Waals surface area (Å²) in [5, 5.41) is 7.14. The molecule has 13 heteroatoms. The van der Waals surface area contributed by atoms with E-state index in [0.29, 0.717) is 55.0 Å². The number of hydrogen-bond donors (Lipinski definition) is 2. The molecule has 0 bridgehead atoms. The number of methoxy groups -OCH3 is 1. The molecule has 0 radical (unpaired) electrons. The van der Waals surface area contributed by atoms with Crippen LogP contribution in [0, 0.1) is 24.6 Å². The van der Waals surface area contributed by atoms with Gasteiger partial charge in [0.1, 0.15) is 12.0 Å². The second-order valence-corrected chi connectivity index (χ2v) is 15.1. The van der Waals surface area contributed by atoms with Crippen LogP contribution in [0.2, 0.25) is 0 Å². The second-order valence-electron chi connectivity index (χ2n) is 13.9. The van der Waals surface area contributed by atoms with Gasteiger partial charge in [-0.1, -0.05) is 5.92 Å². The molecule has 50 heavy (non-hydrogen) atoms. The number of anilines is 2. The van der Waals surface area contributed by atoms with Gasteiger partial charge in [-0.05, 0) is 76.5 Å². The van der Waals surface area contributed by atoms with Gasteiger partial charge in [0.2, 0.25) is 0 Å². The number of alkyl halides is 1. The van der Waals surface area contributed by atoms with Crippen LogP contribution < -0.4 is 20.7 Å². The van der Waals surface area contributed by atoms with Crippen molar-refractivity contribution >= 4 is 29.2 Å². The number of rotatable bonds is 5. The standard InChI is InChI=1S/C30H34FN7O2S.C7H12FN/c1-5-7-18-12-20(32)26(31)25(24(18)17-8-9-17)23-13-21-19(15-41-23)28(35-30(34-21)40-4)37-10-6-11-38-22(14-37)16(2)27(36-38)29(39)33-3;8-6-4-7-2-1-3-9(7)5-6/h12,17,23H,6,8-11,13-15,32H2,1-4H3,(H,33,39);6-7H,1-5H2. The van der Waals surface area contributed by atoms with Crippen molar-refractivity contribution < 1.29 is 18.3 Å². The summed E-state index contributed by atoms with van der Waals surface area (Å²) in [6.45, 7) is 7.64. The van der Waals surface area contributed by atoms with Gasteiger partial charge in [-0.2, -0.15) is 15.1 Å². The van der Waals surface area contributed by atoms with Crippen LogP contribution in [0.15, 0.2) is 6.07 Å². The maximum absolute atomic E-state index is 15.8. The fourth-order valence-electron chi connectivity index (χ4n) is 8.03. The van der Waals surface area contributed by atoms with Crippen LogP contribution in [0.3, 0.4) is 0 Å². The van der Waals surface area contributed by atoms with E-state index in [1.807, 2.05) is 11.6 Å². The molecule has 1 amide bonds. The highest BCUT2D eigenvalue weighted by Crippen LogP contribution is 2.52. The van der Waals surface area contributed by atoms with Gasteiger partial charge in [-0.25, -0.2) is 8.78 Å². The summed E-state index contributed by atoms with van der Waals surface area (Å²) >= 11 is 1.70. The zero-order valence-corrected chi connectivity index (χ0v) is 30.1. The maximum Gasteiger partial charge on any atom is 0.318 e. The van der Waals surface area contributed by atoms with E-state index in [4.69, 9.17) is 20.4 Å². The predicted molar refractivity (Wildman–Crippen MR) is 192 cm³/mol. The Morgan fingerprint density at radius 3 is 2.70 bits per heavy atom. The van der Waals surface area contributed by atoms with Gasteiger partial charge in [0.05, 0.1) is 30.7 Å². The first kappa shape index (κ1) is 34.6. The number of aromatic nitrogens is 4. The van der Waals surface area contributed by atoms with E-state index in [9.17, 15) is 9.18 Å². The summed E-state index contributed by atoms with van der Waals surface area (Å²) in [6.07, 6.45) is 6.27. The maximum atomic E-state index is 15.8. The van der Waals surface area contributed by atoms with Gasteiger partial charge in [0.15, 0.2) is 11.5 Å². The zero-order valence-electron chi connectivity index (χ0n) is 29.3. The fraction of sp³-hybridized carbons (Fsp3) is 0.568. The number of ether oxygens (including phenoxy) is 1. The van der Waals surface area contributed by atoms with Crippen LogP contribution in [-0.4, -0.2) is 76.6 Å². The minimum Gasteiger partial charge on any atom is -0.467 e. The Bertz CT molecular complexity index is 1840. The molecule has 3 unspecified atom stereocenters. The number of halogens is 2. The number of nitrogen functional groups attached to an aromatic ring is 1. The van der Waals surface area contributed by atoms with Gasteiger partial charge in [-0.15, -0.1) is 17.7 Å². The van der Waals surface area contributed by atoms with Crippen molar-refractivity contribution in [1.29, 1.82) is 0 Å². The molecule has 4 aliphatic heterocycles. The summed E-state index contributed by atoms with van der Waals surface area (Å²) < 4.78 is 35.9. The summed E-state index contributed by atoms with van der Waals surface area (Å²) in [5.41, 5.74) is 13.1. The van der Waals surface area contributed by atoms with Crippen LogP contribution in [0.4, 0.5) is 20.3 Å². The van der Waals surface area contributed by atoms with Gasteiger partial charge in [0.25, 0.3) is 5.91 Å². The number of thioether (sulfide) groups is 1. The highest BCUT2D eigenvalue weighted by Gasteiger charge is 2.38. The first-order chi connectivity index (χ1) is 24.2. The molecule has 266 valence electrons. The number of nitrogens with zero attached hydrogens (tertiary/aromatic N) is 6. The average Bonchev–Trinajstić information content (AvgIpc) is 3.73. The summed E-state index contributed by atoms with van der Waals surface area (Å²) in [6, 6.07) is 2.59. The summed E-state index contributed by atoms with van der Waals surface area (Å²) in [7, 11) is 3.18. The third kappa shape index (κ3) is 6.64. The van der Waals surface area contributed by atoms with E-state index >= 15 is 4.39 Å². The number of carbonyl (C=O) groups is 1. The summed E-state index contributed by atoms with van der Waals surface area (Å²) in [5.74, 6) is 7.40. The molecule has 1 aliphatic carbocycles. The molecule has 2 saturated heterocycles. The third-order valence-electron chi connectivity index (χ3n) is 10.6. The van der Waals surface area contributed by atoms with E-state index in [1.54, 1.807) is 38.9 Å². The SMILES string of the molecule is CC#Cc1cc(N)c(F)c(C2Cc3nc(OC)nc(N4CCCn5nc(C(=O)NC)c(C)c5C4)c3CS2)c1C1CC1.FC1CC2CCCN2C1. The highest BCUT2D eigenvalue weighted by atomic mass is 32.2. The van der Waals surface area contributed by atoms with Crippen molar-refractivity contribution in [2.45, 2.75) is 101 Å². The Labute approximate surface area is 296 Å². The molecular formula is C37H46F2N8O2S. The first-order valence-electron chi connectivity index (χ1n) is 17.7. The van der Waals surface area contributed by atoms with Crippen molar-refractivity contribution in [3.05, 3.63) is 56.8 Å². The Hall–Kier alpha value is -3.89. The molecule has 3 N–H and O–H groups in total. The number of carbonyl (C=O) groups excluding carboxylic acids is 1. The van der Waals surface area contributed by atoms with Crippen molar-refractivity contribution in [1.82, 2.24) is 30.0 Å². The summed E-state index contributed by atoms with van der Waals surface area (Å²) in [4.78, 5) is 26.5. The van der Waals surface area contributed by atoms with E-state index in [2.05, 4.69) is 32.1 Å². The molecule has 0 spiro atoms. The fourth-order valence-corrected chi connectivity index (χ4v) is 9.37. The second kappa shape index (κ2) is 14.4. The Morgan fingerprint density at radius 1 is 1.16 bits per heavy atom. The van der Waals surface area contributed by atoms with Crippen LogP contribution in [0.5, 0.6) is 6.01 Å². The van der Waals surface area contributed by atoms with Crippen LogP contribution in [0.1, 0.15) is 106 Å². The van der Waals surface area contributed by atoms with Crippen LogP contribution in [-0.2, 0) is 25.3 Å². The molecule has 1 aromatic carbocycles. The van der Waals surface area contributed by atoms with Gasteiger partial charge in [0, 0.05) is 72.4 Å². The Morgan fingerprint density at radius 2 is 1.98 bits per heavy atom. The van der Waals surface area contributed by atoms with Gasteiger partial charge < -0.3 is 20.7 Å². The molecule has 2 aromatic heterocycles. The zero-order chi connectivity index (χ0) is 35.1. The molecule has 5 aliphatic rings. The number of hydrogen-bond acceptors (Lipinski definition) is 9.